The Morgan fingerprint density at radius 2 is 1.49 bits per heavy atom. The van der Waals surface area contributed by atoms with Crippen molar-refractivity contribution >= 4 is 28.7 Å². The number of hydrogen-bond acceptors (Lipinski definition) is 5. The summed E-state index contributed by atoms with van der Waals surface area (Å²) in [5, 5.41) is 3.75. The van der Waals surface area contributed by atoms with Crippen molar-refractivity contribution in [1.29, 1.82) is 0 Å². The maximum absolute atomic E-state index is 13.5. The van der Waals surface area contributed by atoms with Crippen LogP contribution in [0.2, 0.25) is 0 Å². The Hall–Kier alpha value is -5.03. The summed E-state index contributed by atoms with van der Waals surface area (Å²) in [4.78, 5) is 15.7. The molecule has 0 aliphatic carbocycles. The molecule has 0 amide bonds. The summed E-state index contributed by atoms with van der Waals surface area (Å²) in [6.07, 6.45) is 0.893. The first-order chi connectivity index (χ1) is 20.0. The van der Waals surface area contributed by atoms with E-state index >= 15 is 0 Å². The Kier molecular flexibility index (Phi) is 5.82. The Morgan fingerprint density at radius 3 is 2.29 bits per heavy atom. The Bertz CT molecular complexity index is 1810. The highest BCUT2D eigenvalue weighted by Crippen LogP contribution is 2.60. The van der Waals surface area contributed by atoms with Gasteiger partial charge in [0.25, 0.3) is 0 Å². The second-order valence-corrected chi connectivity index (χ2v) is 10.6. The first-order valence-corrected chi connectivity index (χ1v) is 13.9. The normalized spacial score (nSPS) is 16.3. The van der Waals surface area contributed by atoms with Gasteiger partial charge in [0.15, 0.2) is 5.60 Å². The van der Waals surface area contributed by atoms with Crippen LogP contribution in [0, 0.1) is 6.92 Å². The summed E-state index contributed by atoms with van der Waals surface area (Å²) >= 11 is 0. The first kappa shape index (κ1) is 25.0. The summed E-state index contributed by atoms with van der Waals surface area (Å²) in [7, 11) is 2.04. The fourth-order valence-electron chi connectivity index (χ4n) is 6.21. The number of anilines is 4. The highest BCUT2D eigenvalue weighted by Gasteiger charge is 2.55. The van der Waals surface area contributed by atoms with Crippen LogP contribution in [0.1, 0.15) is 45.1 Å². The molecular formula is C36H30N2O3. The van der Waals surface area contributed by atoms with Crippen LogP contribution in [0.25, 0.3) is 0 Å². The van der Waals surface area contributed by atoms with Crippen LogP contribution >= 0.6 is 0 Å². The van der Waals surface area contributed by atoms with E-state index in [4.69, 9.17) is 9.47 Å². The van der Waals surface area contributed by atoms with Gasteiger partial charge in [-0.15, -0.1) is 0 Å². The van der Waals surface area contributed by atoms with Crippen LogP contribution in [0.5, 0.6) is 11.5 Å². The third kappa shape index (κ3) is 3.80. The minimum Gasteiger partial charge on any atom is -0.456 e. The molecule has 1 N–H and O–H groups in total. The lowest BCUT2D eigenvalue weighted by Gasteiger charge is -2.40. The van der Waals surface area contributed by atoms with Crippen LogP contribution in [-0.4, -0.2) is 13.0 Å². The summed E-state index contributed by atoms with van der Waals surface area (Å²) < 4.78 is 13.1. The number of esters is 1. The predicted octanol–water partition coefficient (Wildman–Crippen LogP) is 8.64. The highest BCUT2D eigenvalue weighted by atomic mass is 16.6. The van der Waals surface area contributed by atoms with Crippen LogP contribution in [0.4, 0.5) is 22.7 Å². The van der Waals surface area contributed by atoms with Crippen LogP contribution in [0.15, 0.2) is 109 Å². The smallest absolute Gasteiger partial charge is 0.340 e. The number of aryl methyl sites for hydroxylation is 2. The summed E-state index contributed by atoms with van der Waals surface area (Å²) in [5.74, 6) is 0.975. The predicted molar refractivity (Wildman–Crippen MR) is 163 cm³/mol. The SMILES string of the molecule is CCc1cc(C)ccc1Nc1ccc2c(c1N(C)c1ccccc1)C1(OC(=O)c3ccccc31)c1ccccc1O2. The molecule has 41 heavy (non-hydrogen) atoms. The minimum atomic E-state index is -1.19. The summed E-state index contributed by atoms with van der Waals surface area (Å²) in [5.41, 5.74) is 8.02. The molecule has 0 bridgehead atoms. The zero-order valence-corrected chi connectivity index (χ0v) is 23.3. The molecule has 0 aromatic heterocycles. The number of benzene rings is 5. The van der Waals surface area contributed by atoms with Crippen molar-refractivity contribution in [2.24, 2.45) is 0 Å². The Morgan fingerprint density at radius 1 is 0.780 bits per heavy atom. The van der Waals surface area contributed by atoms with E-state index in [-0.39, 0.29) is 5.97 Å². The van der Waals surface area contributed by atoms with Crippen molar-refractivity contribution in [1.82, 2.24) is 0 Å². The monoisotopic (exact) mass is 538 g/mol. The number of rotatable bonds is 5. The molecule has 202 valence electrons. The van der Waals surface area contributed by atoms with Crippen LogP contribution in [0.3, 0.4) is 0 Å². The van der Waals surface area contributed by atoms with E-state index in [1.54, 1.807) is 0 Å². The van der Waals surface area contributed by atoms with Crippen molar-refractivity contribution < 1.29 is 14.3 Å². The molecule has 5 aromatic rings. The Labute approximate surface area is 240 Å². The topological polar surface area (TPSA) is 50.8 Å². The lowest BCUT2D eigenvalue weighted by atomic mass is 9.76. The molecular weight excluding hydrogens is 508 g/mol. The van der Waals surface area contributed by atoms with Gasteiger partial charge in [-0.05, 0) is 61.4 Å². The molecule has 5 heteroatoms. The van der Waals surface area contributed by atoms with Crippen LogP contribution < -0.4 is 15.0 Å². The van der Waals surface area contributed by atoms with E-state index < -0.39 is 5.60 Å². The van der Waals surface area contributed by atoms with Crippen LogP contribution in [-0.2, 0) is 16.8 Å². The van der Waals surface area contributed by atoms with Gasteiger partial charge < -0.3 is 19.7 Å². The molecule has 2 aliphatic heterocycles. The number of nitrogens with zero attached hydrogens (tertiary/aromatic N) is 1. The summed E-state index contributed by atoms with van der Waals surface area (Å²) in [6, 6.07) is 36.2. The van der Waals surface area contributed by atoms with E-state index in [0.717, 1.165) is 45.9 Å². The average molecular weight is 539 g/mol. The molecule has 0 radical (unpaired) electrons. The van der Waals surface area contributed by atoms with E-state index in [1.165, 1.54) is 11.1 Å². The third-order valence-corrected chi connectivity index (χ3v) is 8.14. The molecule has 0 saturated carbocycles. The van der Waals surface area contributed by atoms with E-state index in [2.05, 4.69) is 60.5 Å². The van der Waals surface area contributed by atoms with Crippen molar-refractivity contribution in [3.8, 4) is 11.5 Å². The quantitative estimate of drug-likeness (QED) is 0.227. The Balaban J connectivity index is 1.55. The molecule has 0 fully saturated rings. The van der Waals surface area contributed by atoms with Gasteiger partial charge in [0, 0.05) is 29.5 Å². The zero-order valence-electron chi connectivity index (χ0n) is 23.3. The molecule has 1 spiro atoms. The fraction of sp³-hybridized carbons (Fsp3) is 0.139. The standard InChI is InChI=1S/C36H30N2O3/c1-4-24-22-23(2)18-19-29(24)37-30-20-21-32-33(34(30)38(3)25-12-6-5-7-13-25)36(28-16-10-11-17-31(28)40-32)27-15-9-8-14-26(27)35(39)41-36/h5-22,37H,4H2,1-3H3. The van der Waals surface area contributed by atoms with Gasteiger partial charge in [-0.2, -0.15) is 0 Å². The number of nitrogens with one attached hydrogen (secondary N) is 1. The number of hydrogen-bond donors (Lipinski definition) is 1. The van der Waals surface area contributed by atoms with Gasteiger partial charge in [-0.1, -0.05) is 79.2 Å². The molecule has 1 unspecified atom stereocenters. The largest absolute Gasteiger partial charge is 0.456 e. The molecule has 1 atom stereocenters. The number of carbonyl (C=O) groups excluding carboxylic acids is 1. The molecule has 0 saturated heterocycles. The molecule has 7 rings (SSSR count). The van der Waals surface area contributed by atoms with Gasteiger partial charge in [0.05, 0.1) is 22.5 Å². The highest BCUT2D eigenvalue weighted by molar-refractivity contribution is 5.99. The number of carbonyl (C=O) groups is 1. The maximum Gasteiger partial charge on any atom is 0.340 e. The van der Waals surface area contributed by atoms with Gasteiger partial charge in [0.1, 0.15) is 11.5 Å². The lowest BCUT2D eigenvalue weighted by molar-refractivity contribution is 0.0226. The van der Waals surface area contributed by atoms with Gasteiger partial charge in [-0.25, -0.2) is 4.79 Å². The average Bonchev–Trinajstić information content (AvgIpc) is 3.30. The van der Waals surface area contributed by atoms with Crippen molar-refractivity contribution in [2.75, 3.05) is 17.3 Å². The maximum atomic E-state index is 13.5. The molecule has 2 heterocycles. The number of fused-ring (bicyclic) bond motifs is 6. The second-order valence-electron chi connectivity index (χ2n) is 10.6. The van der Waals surface area contributed by atoms with Crippen molar-refractivity contribution in [3.05, 3.63) is 143 Å². The summed E-state index contributed by atoms with van der Waals surface area (Å²) in [6.45, 7) is 4.28. The van der Waals surface area contributed by atoms with Crippen molar-refractivity contribution in [2.45, 2.75) is 25.9 Å². The zero-order chi connectivity index (χ0) is 28.1. The molecule has 5 aromatic carbocycles. The first-order valence-electron chi connectivity index (χ1n) is 13.9. The van der Waals surface area contributed by atoms with Gasteiger partial charge in [-0.3, -0.25) is 0 Å². The van der Waals surface area contributed by atoms with Gasteiger partial charge >= 0.3 is 5.97 Å². The third-order valence-electron chi connectivity index (χ3n) is 8.14. The van der Waals surface area contributed by atoms with E-state index in [0.29, 0.717) is 17.1 Å². The minimum absolute atomic E-state index is 0.346. The second kappa shape index (κ2) is 9.56. The molecule has 2 aliphatic rings. The number of ether oxygens (including phenoxy) is 2. The van der Waals surface area contributed by atoms with E-state index in [1.807, 2.05) is 79.8 Å². The van der Waals surface area contributed by atoms with Crippen molar-refractivity contribution in [3.63, 3.8) is 0 Å². The van der Waals surface area contributed by atoms with E-state index in [9.17, 15) is 4.79 Å². The lowest BCUT2D eigenvalue weighted by Crippen LogP contribution is -2.35. The molecule has 5 nitrogen and oxygen atoms in total. The van der Waals surface area contributed by atoms with Gasteiger partial charge in [0.2, 0.25) is 0 Å². The fourth-order valence-corrected chi connectivity index (χ4v) is 6.21. The number of para-hydroxylation sites is 2.